The van der Waals surface area contributed by atoms with Crippen molar-refractivity contribution < 1.29 is 14.3 Å². The van der Waals surface area contributed by atoms with Crippen molar-refractivity contribution in [2.24, 2.45) is 0 Å². The Bertz CT molecular complexity index is 746. The number of rotatable bonds is 4. The third-order valence-electron chi connectivity index (χ3n) is 4.23. The van der Waals surface area contributed by atoms with Gasteiger partial charge in [0.05, 0.1) is 31.5 Å². The SMILES string of the molecule is CCOC(=O)c1nn(CN2C[C@H](C)OC[C@@H]2C)c2ccc(Br)cc12. The van der Waals surface area contributed by atoms with Crippen molar-refractivity contribution in [3.05, 3.63) is 28.4 Å². The number of halogens is 1. The summed E-state index contributed by atoms with van der Waals surface area (Å²) in [5, 5.41) is 5.34. The van der Waals surface area contributed by atoms with Crippen molar-refractivity contribution in [2.75, 3.05) is 19.8 Å². The van der Waals surface area contributed by atoms with Crippen LogP contribution < -0.4 is 0 Å². The van der Waals surface area contributed by atoms with Crippen LogP contribution in [0.1, 0.15) is 31.3 Å². The molecule has 1 fully saturated rings. The van der Waals surface area contributed by atoms with Gasteiger partial charge in [0, 0.05) is 22.4 Å². The van der Waals surface area contributed by atoms with Gasteiger partial charge in [0.1, 0.15) is 0 Å². The summed E-state index contributed by atoms with van der Waals surface area (Å²) >= 11 is 3.46. The Labute approximate surface area is 149 Å². The Morgan fingerprint density at radius 2 is 2.25 bits per heavy atom. The monoisotopic (exact) mass is 395 g/mol. The molecule has 1 aliphatic heterocycles. The number of aromatic nitrogens is 2. The molecule has 0 saturated carbocycles. The number of hydrogen-bond donors (Lipinski definition) is 0. The van der Waals surface area contributed by atoms with Crippen LogP contribution in [0.15, 0.2) is 22.7 Å². The third kappa shape index (κ3) is 3.48. The number of benzene rings is 1. The zero-order valence-corrected chi connectivity index (χ0v) is 15.7. The van der Waals surface area contributed by atoms with E-state index < -0.39 is 0 Å². The molecule has 1 aromatic carbocycles. The minimum Gasteiger partial charge on any atom is -0.461 e. The van der Waals surface area contributed by atoms with Crippen molar-refractivity contribution in [1.29, 1.82) is 0 Å². The number of hydrogen-bond acceptors (Lipinski definition) is 5. The molecule has 0 N–H and O–H groups in total. The maximum atomic E-state index is 12.2. The second-order valence-electron chi connectivity index (χ2n) is 6.14. The Morgan fingerprint density at radius 3 is 3.00 bits per heavy atom. The van der Waals surface area contributed by atoms with Crippen LogP contribution in [0, 0.1) is 0 Å². The van der Waals surface area contributed by atoms with E-state index in [0.717, 1.165) is 21.9 Å². The van der Waals surface area contributed by atoms with Gasteiger partial charge in [-0.05, 0) is 39.0 Å². The lowest BCUT2D eigenvalue weighted by molar-refractivity contribution is -0.0617. The summed E-state index contributed by atoms with van der Waals surface area (Å²) in [4.78, 5) is 14.6. The fourth-order valence-electron chi connectivity index (χ4n) is 2.95. The van der Waals surface area contributed by atoms with Crippen molar-refractivity contribution in [3.63, 3.8) is 0 Å². The lowest BCUT2D eigenvalue weighted by Gasteiger charge is -2.36. The van der Waals surface area contributed by atoms with Crippen LogP contribution in [0.25, 0.3) is 10.9 Å². The topological polar surface area (TPSA) is 56.6 Å². The van der Waals surface area contributed by atoms with E-state index in [9.17, 15) is 4.79 Å². The molecule has 0 unspecified atom stereocenters. The van der Waals surface area contributed by atoms with Crippen LogP contribution in [0.3, 0.4) is 0 Å². The molecule has 3 rings (SSSR count). The van der Waals surface area contributed by atoms with Gasteiger partial charge in [0.25, 0.3) is 0 Å². The molecule has 0 radical (unpaired) electrons. The van der Waals surface area contributed by atoms with E-state index in [1.165, 1.54) is 0 Å². The highest BCUT2D eigenvalue weighted by molar-refractivity contribution is 9.10. The molecule has 24 heavy (non-hydrogen) atoms. The number of carbonyl (C=O) groups is 1. The predicted molar refractivity (Wildman–Crippen MR) is 95.0 cm³/mol. The van der Waals surface area contributed by atoms with Gasteiger partial charge in [-0.1, -0.05) is 15.9 Å². The lowest BCUT2D eigenvalue weighted by Crippen LogP contribution is -2.47. The summed E-state index contributed by atoms with van der Waals surface area (Å²) in [6, 6.07) is 6.16. The van der Waals surface area contributed by atoms with E-state index in [4.69, 9.17) is 9.47 Å². The smallest absolute Gasteiger partial charge is 0.359 e. The van der Waals surface area contributed by atoms with E-state index in [0.29, 0.717) is 31.6 Å². The Balaban J connectivity index is 1.97. The van der Waals surface area contributed by atoms with Crippen molar-refractivity contribution in [1.82, 2.24) is 14.7 Å². The van der Waals surface area contributed by atoms with Crippen LogP contribution in [-0.4, -0.2) is 52.6 Å². The molecular formula is C17H22BrN3O3. The number of carbonyl (C=O) groups excluding carboxylic acids is 1. The molecular weight excluding hydrogens is 374 g/mol. The molecule has 0 bridgehead atoms. The molecule has 130 valence electrons. The lowest BCUT2D eigenvalue weighted by atomic mass is 10.2. The van der Waals surface area contributed by atoms with Crippen LogP contribution in [-0.2, 0) is 16.1 Å². The maximum Gasteiger partial charge on any atom is 0.359 e. The fourth-order valence-corrected chi connectivity index (χ4v) is 3.31. The highest BCUT2D eigenvalue weighted by Crippen LogP contribution is 2.25. The van der Waals surface area contributed by atoms with Gasteiger partial charge in [0.15, 0.2) is 5.69 Å². The molecule has 1 aromatic heterocycles. The van der Waals surface area contributed by atoms with Gasteiger partial charge < -0.3 is 9.47 Å². The second-order valence-corrected chi connectivity index (χ2v) is 7.05. The van der Waals surface area contributed by atoms with Crippen molar-refractivity contribution in [3.8, 4) is 0 Å². The van der Waals surface area contributed by atoms with Crippen LogP contribution >= 0.6 is 15.9 Å². The third-order valence-corrected chi connectivity index (χ3v) is 4.73. The Kier molecular flexibility index (Phi) is 5.22. The average molecular weight is 396 g/mol. The quantitative estimate of drug-likeness (QED) is 0.744. The van der Waals surface area contributed by atoms with Gasteiger partial charge >= 0.3 is 5.97 Å². The summed E-state index contributed by atoms with van der Waals surface area (Å²) in [5.74, 6) is -0.386. The van der Waals surface area contributed by atoms with Gasteiger partial charge in [-0.25, -0.2) is 9.48 Å². The van der Waals surface area contributed by atoms with Crippen molar-refractivity contribution in [2.45, 2.75) is 39.6 Å². The van der Waals surface area contributed by atoms with Gasteiger partial charge in [0.2, 0.25) is 0 Å². The van der Waals surface area contributed by atoms with Gasteiger partial charge in [-0.15, -0.1) is 0 Å². The number of fused-ring (bicyclic) bond motifs is 1. The summed E-state index contributed by atoms with van der Waals surface area (Å²) in [6.45, 7) is 8.50. The summed E-state index contributed by atoms with van der Waals surface area (Å²) in [5.41, 5.74) is 1.29. The molecule has 1 saturated heterocycles. The standard InChI is InChI=1S/C17H22BrN3O3/c1-4-23-17(22)16-14-7-13(18)5-6-15(14)21(19-16)10-20-8-12(3)24-9-11(20)2/h5-7,11-12H,4,8-10H2,1-3H3/t11-,12-/m0/s1. The Morgan fingerprint density at radius 1 is 1.46 bits per heavy atom. The summed E-state index contributed by atoms with van der Waals surface area (Å²) in [6.07, 6.45) is 0.196. The fraction of sp³-hybridized carbons (Fsp3) is 0.529. The number of esters is 1. The molecule has 2 aromatic rings. The van der Waals surface area contributed by atoms with E-state index in [1.807, 2.05) is 22.9 Å². The molecule has 0 amide bonds. The minimum absolute atomic E-state index is 0.196. The first kappa shape index (κ1) is 17.4. The number of morpholine rings is 1. The van der Waals surface area contributed by atoms with Crippen molar-refractivity contribution >= 4 is 32.8 Å². The molecule has 1 aliphatic rings. The largest absolute Gasteiger partial charge is 0.461 e. The highest BCUT2D eigenvalue weighted by atomic mass is 79.9. The zero-order chi connectivity index (χ0) is 17.3. The molecule has 7 heteroatoms. The first-order valence-corrected chi connectivity index (χ1v) is 8.97. The first-order chi connectivity index (χ1) is 11.5. The normalized spacial score (nSPS) is 22.0. The van der Waals surface area contributed by atoms with Gasteiger partial charge in [-0.2, -0.15) is 5.10 Å². The van der Waals surface area contributed by atoms with E-state index in [2.05, 4.69) is 39.8 Å². The van der Waals surface area contributed by atoms with E-state index in [-0.39, 0.29) is 12.1 Å². The molecule has 2 atom stereocenters. The molecule has 0 spiro atoms. The number of ether oxygens (including phenoxy) is 2. The molecule has 6 nitrogen and oxygen atoms in total. The number of nitrogens with zero attached hydrogens (tertiary/aromatic N) is 3. The van der Waals surface area contributed by atoms with E-state index >= 15 is 0 Å². The highest BCUT2D eigenvalue weighted by Gasteiger charge is 2.25. The summed E-state index contributed by atoms with van der Waals surface area (Å²) in [7, 11) is 0. The predicted octanol–water partition coefficient (Wildman–Crippen LogP) is 3.04. The second kappa shape index (κ2) is 7.21. The Hall–Kier alpha value is -1.44. The van der Waals surface area contributed by atoms with E-state index in [1.54, 1.807) is 6.92 Å². The van der Waals surface area contributed by atoms with Gasteiger partial charge in [-0.3, -0.25) is 4.90 Å². The van der Waals surface area contributed by atoms with Crippen LogP contribution in [0.4, 0.5) is 0 Å². The minimum atomic E-state index is -0.386. The summed E-state index contributed by atoms with van der Waals surface area (Å²) < 4.78 is 13.6. The van der Waals surface area contributed by atoms with Crippen LogP contribution in [0.2, 0.25) is 0 Å². The average Bonchev–Trinajstić information content (AvgIpc) is 2.89. The first-order valence-electron chi connectivity index (χ1n) is 8.18. The molecule has 2 heterocycles. The molecule has 0 aliphatic carbocycles. The van der Waals surface area contributed by atoms with Crippen LogP contribution in [0.5, 0.6) is 0 Å². The zero-order valence-electron chi connectivity index (χ0n) is 14.2. The maximum absolute atomic E-state index is 12.2.